The molecule has 0 fully saturated rings. The Morgan fingerprint density at radius 2 is 2.36 bits per heavy atom. The molecule has 11 heavy (non-hydrogen) atoms. The SMILES string of the molecule is N[C@@H](C(=O)O)C1=CCC=CC1. The van der Waals surface area contributed by atoms with Crippen LogP contribution in [0.3, 0.4) is 0 Å². The van der Waals surface area contributed by atoms with Gasteiger partial charge in [-0.15, -0.1) is 0 Å². The summed E-state index contributed by atoms with van der Waals surface area (Å²) in [5.41, 5.74) is 6.20. The van der Waals surface area contributed by atoms with Crippen molar-refractivity contribution in [1.29, 1.82) is 0 Å². The summed E-state index contributed by atoms with van der Waals surface area (Å²) < 4.78 is 0. The Balaban J connectivity index is 2.60. The van der Waals surface area contributed by atoms with Gasteiger partial charge in [-0.05, 0) is 18.4 Å². The monoisotopic (exact) mass is 153 g/mol. The zero-order chi connectivity index (χ0) is 8.27. The Hall–Kier alpha value is -1.09. The summed E-state index contributed by atoms with van der Waals surface area (Å²) in [7, 11) is 0. The third-order valence-electron chi connectivity index (χ3n) is 1.70. The fraction of sp³-hybridized carbons (Fsp3) is 0.375. The van der Waals surface area contributed by atoms with Gasteiger partial charge in [0.05, 0.1) is 0 Å². The Morgan fingerprint density at radius 1 is 1.64 bits per heavy atom. The van der Waals surface area contributed by atoms with E-state index in [4.69, 9.17) is 10.8 Å². The van der Waals surface area contributed by atoms with E-state index in [1.165, 1.54) is 0 Å². The normalized spacial score (nSPS) is 19.2. The van der Waals surface area contributed by atoms with Gasteiger partial charge in [-0.1, -0.05) is 18.2 Å². The van der Waals surface area contributed by atoms with Gasteiger partial charge < -0.3 is 10.8 Å². The number of hydrogen-bond acceptors (Lipinski definition) is 2. The molecule has 0 radical (unpaired) electrons. The van der Waals surface area contributed by atoms with E-state index in [1.54, 1.807) is 0 Å². The van der Waals surface area contributed by atoms with Crippen LogP contribution in [0.4, 0.5) is 0 Å². The predicted octanol–water partition coefficient (Wildman–Crippen LogP) is 0.675. The zero-order valence-corrected chi connectivity index (χ0v) is 6.16. The third-order valence-corrected chi connectivity index (χ3v) is 1.70. The Morgan fingerprint density at radius 3 is 2.82 bits per heavy atom. The fourth-order valence-corrected chi connectivity index (χ4v) is 1.03. The number of nitrogens with two attached hydrogens (primary N) is 1. The highest BCUT2D eigenvalue weighted by atomic mass is 16.4. The van der Waals surface area contributed by atoms with Crippen LogP contribution in [-0.4, -0.2) is 17.1 Å². The quantitative estimate of drug-likeness (QED) is 0.573. The van der Waals surface area contributed by atoms with E-state index in [0.29, 0.717) is 6.42 Å². The maximum absolute atomic E-state index is 10.4. The topological polar surface area (TPSA) is 63.3 Å². The Labute approximate surface area is 65.2 Å². The van der Waals surface area contributed by atoms with Crippen molar-refractivity contribution in [3.05, 3.63) is 23.8 Å². The predicted molar refractivity (Wildman–Crippen MR) is 42.1 cm³/mol. The van der Waals surface area contributed by atoms with Gasteiger partial charge in [-0.25, -0.2) is 0 Å². The van der Waals surface area contributed by atoms with Crippen LogP contribution >= 0.6 is 0 Å². The summed E-state index contributed by atoms with van der Waals surface area (Å²) in [5, 5.41) is 8.54. The largest absolute Gasteiger partial charge is 0.480 e. The number of rotatable bonds is 2. The molecule has 0 saturated carbocycles. The summed E-state index contributed by atoms with van der Waals surface area (Å²) >= 11 is 0. The van der Waals surface area contributed by atoms with E-state index in [0.717, 1.165) is 12.0 Å². The van der Waals surface area contributed by atoms with Crippen LogP contribution in [-0.2, 0) is 4.79 Å². The van der Waals surface area contributed by atoms with Crippen LogP contribution in [0.15, 0.2) is 23.8 Å². The number of allylic oxidation sites excluding steroid dienone is 3. The molecule has 0 heterocycles. The van der Waals surface area contributed by atoms with Crippen molar-refractivity contribution in [2.45, 2.75) is 18.9 Å². The molecule has 3 nitrogen and oxygen atoms in total. The zero-order valence-electron chi connectivity index (χ0n) is 6.16. The van der Waals surface area contributed by atoms with E-state index in [1.807, 2.05) is 18.2 Å². The van der Waals surface area contributed by atoms with Crippen molar-refractivity contribution in [3.8, 4) is 0 Å². The van der Waals surface area contributed by atoms with E-state index in [9.17, 15) is 4.79 Å². The van der Waals surface area contributed by atoms with Crippen LogP contribution in [0, 0.1) is 0 Å². The second-order valence-electron chi connectivity index (χ2n) is 2.51. The number of carboxylic acid groups (broad SMARTS) is 1. The molecule has 0 aliphatic heterocycles. The highest BCUT2D eigenvalue weighted by Crippen LogP contribution is 2.13. The average Bonchev–Trinajstić information content (AvgIpc) is 2.05. The highest BCUT2D eigenvalue weighted by Gasteiger charge is 2.16. The summed E-state index contributed by atoms with van der Waals surface area (Å²) in [6, 6.07) is -0.819. The number of carbonyl (C=O) groups is 1. The minimum atomic E-state index is -0.952. The van der Waals surface area contributed by atoms with Crippen LogP contribution in [0.1, 0.15) is 12.8 Å². The van der Waals surface area contributed by atoms with Crippen LogP contribution < -0.4 is 5.73 Å². The first-order valence-electron chi connectivity index (χ1n) is 3.54. The molecule has 1 aliphatic carbocycles. The second-order valence-corrected chi connectivity index (χ2v) is 2.51. The van der Waals surface area contributed by atoms with Gasteiger partial charge in [-0.2, -0.15) is 0 Å². The molecule has 0 aromatic heterocycles. The van der Waals surface area contributed by atoms with Crippen molar-refractivity contribution in [2.24, 2.45) is 5.73 Å². The highest BCUT2D eigenvalue weighted by molar-refractivity contribution is 5.77. The third kappa shape index (κ3) is 1.91. The summed E-state index contributed by atoms with van der Waals surface area (Å²) in [6.45, 7) is 0. The van der Waals surface area contributed by atoms with E-state index >= 15 is 0 Å². The first kappa shape index (κ1) is 8.01. The summed E-state index contributed by atoms with van der Waals surface area (Å²) in [6.07, 6.45) is 7.29. The maximum atomic E-state index is 10.4. The van der Waals surface area contributed by atoms with Crippen molar-refractivity contribution in [3.63, 3.8) is 0 Å². The smallest absolute Gasteiger partial charge is 0.324 e. The molecule has 3 heteroatoms. The fourth-order valence-electron chi connectivity index (χ4n) is 1.03. The Kier molecular flexibility index (Phi) is 2.44. The molecule has 0 unspecified atom stereocenters. The molecule has 0 spiro atoms. The molecule has 0 saturated heterocycles. The molecular formula is C8H11NO2. The van der Waals surface area contributed by atoms with E-state index in [-0.39, 0.29) is 0 Å². The molecule has 0 aromatic carbocycles. The van der Waals surface area contributed by atoms with Crippen molar-refractivity contribution >= 4 is 5.97 Å². The lowest BCUT2D eigenvalue weighted by molar-refractivity contribution is -0.137. The second kappa shape index (κ2) is 3.34. The molecule has 1 rings (SSSR count). The molecule has 1 atom stereocenters. The molecule has 60 valence electrons. The minimum Gasteiger partial charge on any atom is -0.480 e. The average molecular weight is 153 g/mol. The lowest BCUT2D eigenvalue weighted by Crippen LogP contribution is -2.32. The number of carboxylic acids is 1. The van der Waals surface area contributed by atoms with Gasteiger partial charge in [0.15, 0.2) is 0 Å². The molecule has 3 N–H and O–H groups in total. The van der Waals surface area contributed by atoms with Gasteiger partial charge in [0.1, 0.15) is 6.04 Å². The van der Waals surface area contributed by atoms with Crippen LogP contribution in [0.2, 0.25) is 0 Å². The lowest BCUT2D eigenvalue weighted by atomic mass is 9.99. The maximum Gasteiger partial charge on any atom is 0.324 e. The standard InChI is InChI=1S/C8H11NO2/c9-7(8(10)11)6-4-2-1-3-5-6/h1-2,5,7H,3-4,9H2,(H,10,11)/t7-/m1/s1. The lowest BCUT2D eigenvalue weighted by Gasteiger charge is -2.11. The molecular weight excluding hydrogens is 142 g/mol. The number of hydrogen-bond donors (Lipinski definition) is 2. The van der Waals surface area contributed by atoms with Gasteiger partial charge in [0.25, 0.3) is 0 Å². The molecule has 1 aliphatic rings. The van der Waals surface area contributed by atoms with E-state index < -0.39 is 12.0 Å². The van der Waals surface area contributed by atoms with Crippen LogP contribution in [0.25, 0.3) is 0 Å². The van der Waals surface area contributed by atoms with Crippen molar-refractivity contribution in [1.82, 2.24) is 0 Å². The summed E-state index contributed by atoms with van der Waals surface area (Å²) in [5.74, 6) is -0.952. The van der Waals surface area contributed by atoms with Crippen LogP contribution in [0.5, 0.6) is 0 Å². The molecule has 0 aromatic rings. The van der Waals surface area contributed by atoms with Gasteiger partial charge in [0.2, 0.25) is 0 Å². The van der Waals surface area contributed by atoms with Gasteiger partial charge >= 0.3 is 5.97 Å². The Bertz CT molecular complexity index is 218. The minimum absolute atomic E-state index is 0.674. The molecule has 0 bridgehead atoms. The van der Waals surface area contributed by atoms with Gasteiger partial charge in [-0.3, -0.25) is 4.79 Å². The molecule has 0 amide bonds. The van der Waals surface area contributed by atoms with Crippen molar-refractivity contribution in [2.75, 3.05) is 0 Å². The first-order valence-corrected chi connectivity index (χ1v) is 3.54. The van der Waals surface area contributed by atoms with Crippen molar-refractivity contribution < 1.29 is 9.90 Å². The van der Waals surface area contributed by atoms with Gasteiger partial charge in [0, 0.05) is 0 Å². The summed E-state index contributed by atoms with van der Waals surface area (Å²) in [4.78, 5) is 10.4. The first-order chi connectivity index (χ1) is 5.22. The number of aliphatic carboxylic acids is 1. The van der Waals surface area contributed by atoms with E-state index in [2.05, 4.69) is 0 Å².